The van der Waals surface area contributed by atoms with E-state index in [0.29, 0.717) is 11.3 Å². The van der Waals surface area contributed by atoms with Gasteiger partial charge in [0.1, 0.15) is 6.04 Å². The molecule has 0 saturated carbocycles. The molecule has 1 aromatic carbocycles. The fourth-order valence-corrected chi connectivity index (χ4v) is 5.78. The number of carboxylic acid groups (broad SMARTS) is 1. The third-order valence-corrected chi connectivity index (χ3v) is 7.84. The molecule has 0 spiro atoms. The fraction of sp³-hybridized carbons (Fsp3) is 0.562. The maximum Gasteiger partial charge on any atom is 0.323 e. The van der Waals surface area contributed by atoms with E-state index in [1.165, 1.54) is 24.9 Å². The number of likely N-dealkylation sites (N-methyl/N-ethyl adjacent to an activating group) is 1. The second-order valence-electron chi connectivity index (χ2n) is 6.44. The van der Waals surface area contributed by atoms with Gasteiger partial charge in [0.05, 0.1) is 11.0 Å². The summed E-state index contributed by atoms with van der Waals surface area (Å²) in [7, 11) is -2.72. The molecule has 0 bridgehead atoms. The van der Waals surface area contributed by atoms with E-state index in [-0.39, 0.29) is 4.90 Å². The van der Waals surface area contributed by atoms with Crippen molar-refractivity contribution in [3.8, 4) is 0 Å². The Hall–Kier alpha value is -0.610. The Morgan fingerprint density at radius 3 is 2.40 bits per heavy atom. The number of aliphatic carboxylic acids is 1. The van der Waals surface area contributed by atoms with E-state index in [4.69, 9.17) is 0 Å². The molecule has 0 amide bonds. The number of benzene rings is 1. The molecule has 9 heteroatoms. The minimum absolute atomic E-state index is 0.0702. The van der Waals surface area contributed by atoms with E-state index >= 15 is 0 Å². The summed E-state index contributed by atoms with van der Waals surface area (Å²) in [6.45, 7) is 6.59. The first-order valence-electron chi connectivity index (χ1n) is 7.59. The maximum absolute atomic E-state index is 13.0. The molecule has 1 aromatic rings. The van der Waals surface area contributed by atoms with Crippen LogP contribution >= 0.6 is 27.7 Å². The molecule has 0 saturated heterocycles. The molecule has 142 valence electrons. The van der Waals surface area contributed by atoms with Gasteiger partial charge in [0.2, 0.25) is 10.0 Å². The van der Waals surface area contributed by atoms with Gasteiger partial charge in [-0.3, -0.25) is 4.79 Å². The molecule has 2 atom stereocenters. The number of aliphatic hydroxyl groups is 1. The number of aryl methyl sites for hydroxylation is 1. The highest BCUT2D eigenvalue weighted by atomic mass is 79.9. The number of aliphatic hydroxyl groups excluding tert-OH is 1. The van der Waals surface area contributed by atoms with Crippen molar-refractivity contribution in [1.82, 2.24) is 4.31 Å². The predicted octanol–water partition coefficient (Wildman–Crippen LogP) is 2.72. The van der Waals surface area contributed by atoms with Crippen molar-refractivity contribution in [2.45, 2.75) is 49.5 Å². The number of rotatable bonds is 8. The molecule has 0 aliphatic carbocycles. The van der Waals surface area contributed by atoms with E-state index < -0.39 is 32.9 Å². The van der Waals surface area contributed by atoms with Crippen LogP contribution in [0.15, 0.2) is 27.6 Å². The highest BCUT2D eigenvalue weighted by Gasteiger charge is 2.44. The van der Waals surface area contributed by atoms with Crippen molar-refractivity contribution in [1.29, 1.82) is 0 Å². The van der Waals surface area contributed by atoms with Gasteiger partial charge in [-0.25, -0.2) is 8.42 Å². The van der Waals surface area contributed by atoms with Crippen LogP contribution in [0.3, 0.4) is 0 Å². The van der Waals surface area contributed by atoms with Crippen LogP contribution < -0.4 is 0 Å². The lowest BCUT2D eigenvalue weighted by Gasteiger charge is -2.36. The van der Waals surface area contributed by atoms with E-state index in [1.54, 1.807) is 39.8 Å². The van der Waals surface area contributed by atoms with E-state index in [9.17, 15) is 23.4 Å². The number of hydrogen-bond acceptors (Lipinski definition) is 5. The second-order valence-corrected chi connectivity index (χ2v) is 11.0. The summed E-state index contributed by atoms with van der Waals surface area (Å²) in [5, 5.41) is 19.1. The van der Waals surface area contributed by atoms with Crippen molar-refractivity contribution in [3.05, 3.63) is 28.2 Å². The Morgan fingerprint density at radius 1 is 1.40 bits per heavy atom. The zero-order valence-electron chi connectivity index (χ0n) is 14.9. The molecule has 1 rings (SSSR count). The first-order valence-corrected chi connectivity index (χ1v) is 10.8. The molecular formula is C16H24BrNO5S2. The highest BCUT2D eigenvalue weighted by Crippen LogP contribution is 2.34. The minimum atomic E-state index is -4.00. The van der Waals surface area contributed by atoms with Gasteiger partial charge < -0.3 is 10.2 Å². The summed E-state index contributed by atoms with van der Waals surface area (Å²) in [5.74, 6) is -0.925. The normalized spacial score (nSPS) is 15.2. The van der Waals surface area contributed by atoms with Gasteiger partial charge in [0.15, 0.2) is 0 Å². The molecule has 0 aromatic heterocycles. The Balaban J connectivity index is 3.29. The van der Waals surface area contributed by atoms with Crippen LogP contribution in [0, 0.1) is 6.92 Å². The van der Waals surface area contributed by atoms with Crippen LogP contribution in [0.1, 0.15) is 26.3 Å². The number of hydrogen-bond donors (Lipinski definition) is 2. The fourth-order valence-electron chi connectivity index (χ4n) is 2.50. The first kappa shape index (κ1) is 22.4. The summed E-state index contributed by atoms with van der Waals surface area (Å²) in [6, 6.07) is 3.45. The summed E-state index contributed by atoms with van der Waals surface area (Å²) in [4.78, 5) is 11.9. The largest absolute Gasteiger partial charge is 0.480 e. The summed E-state index contributed by atoms with van der Waals surface area (Å²) in [6.07, 6.45) is -0.616. The number of sulfonamides is 1. The summed E-state index contributed by atoms with van der Waals surface area (Å²) in [5.41, 5.74) is 0.528. The number of carboxylic acids is 1. The number of nitrogens with zero attached hydrogens (tertiary/aromatic N) is 1. The molecule has 0 heterocycles. The highest BCUT2D eigenvalue weighted by molar-refractivity contribution is 9.10. The summed E-state index contributed by atoms with van der Waals surface area (Å²) >= 11 is 4.51. The molecule has 0 fully saturated rings. The standard InChI is InChI=1S/C16H24BrNO5S2/c1-10-8-12(17)6-7-13(10)25(22,23)18(5)14(15(20)21)16(3,4)24-9-11(2)19/h6-8,11,14,19H,9H2,1-5H3,(H,20,21)/t11?,14-/m0/s1. The van der Waals surface area contributed by atoms with Crippen molar-refractivity contribution in [2.24, 2.45) is 0 Å². The van der Waals surface area contributed by atoms with E-state index in [0.717, 1.165) is 8.78 Å². The molecular weight excluding hydrogens is 430 g/mol. The Morgan fingerprint density at radius 2 is 1.96 bits per heavy atom. The van der Waals surface area contributed by atoms with Crippen molar-refractivity contribution in [2.75, 3.05) is 12.8 Å². The van der Waals surface area contributed by atoms with Crippen LogP contribution in [0.25, 0.3) is 0 Å². The van der Waals surface area contributed by atoms with Gasteiger partial charge in [-0.05, 0) is 51.5 Å². The van der Waals surface area contributed by atoms with Crippen LogP contribution in [0.2, 0.25) is 0 Å². The van der Waals surface area contributed by atoms with Gasteiger partial charge in [0.25, 0.3) is 0 Å². The third-order valence-electron chi connectivity index (χ3n) is 3.75. The van der Waals surface area contributed by atoms with E-state index in [1.807, 2.05) is 0 Å². The number of carbonyl (C=O) groups is 1. The molecule has 6 nitrogen and oxygen atoms in total. The quantitative estimate of drug-likeness (QED) is 0.627. The Kier molecular flexibility index (Phi) is 7.53. The predicted molar refractivity (Wildman–Crippen MR) is 103 cm³/mol. The zero-order valence-corrected chi connectivity index (χ0v) is 18.1. The maximum atomic E-state index is 13.0. The van der Waals surface area contributed by atoms with Crippen molar-refractivity contribution < 1.29 is 23.4 Å². The lowest BCUT2D eigenvalue weighted by atomic mass is 10.0. The SMILES string of the molecule is Cc1cc(Br)ccc1S(=O)(=O)N(C)[C@@H](C(=O)O)C(C)(C)SCC(C)O. The zero-order chi connectivity index (χ0) is 19.6. The van der Waals surface area contributed by atoms with Crippen molar-refractivity contribution in [3.63, 3.8) is 0 Å². The number of thioether (sulfide) groups is 1. The Bertz CT molecular complexity index is 734. The third kappa shape index (κ3) is 5.43. The number of halogens is 1. The molecule has 0 radical (unpaired) electrons. The molecule has 2 N–H and O–H groups in total. The summed E-state index contributed by atoms with van der Waals surface area (Å²) < 4.78 is 26.7. The Labute approximate surface area is 161 Å². The molecule has 0 aliphatic heterocycles. The van der Waals surface area contributed by atoms with Crippen LogP contribution in [-0.4, -0.2) is 58.6 Å². The van der Waals surface area contributed by atoms with Gasteiger partial charge in [-0.2, -0.15) is 16.1 Å². The van der Waals surface area contributed by atoms with Crippen molar-refractivity contribution >= 4 is 43.7 Å². The first-order chi connectivity index (χ1) is 11.3. The monoisotopic (exact) mass is 453 g/mol. The lowest BCUT2D eigenvalue weighted by molar-refractivity contribution is -0.142. The smallest absolute Gasteiger partial charge is 0.323 e. The van der Waals surface area contributed by atoms with Gasteiger partial charge in [-0.1, -0.05) is 15.9 Å². The van der Waals surface area contributed by atoms with Gasteiger partial charge in [0, 0.05) is 22.0 Å². The van der Waals surface area contributed by atoms with Crippen LogP contribution in [-0.2, 0) is 14.8 Å². The average Bonchev–Trinajstić information content (AvgIpc) is 2.44. The molecule has 1 unspecified atom stereocenters. The van der Waals surface area contributed by atoms with Gasteiger partial charge in [-0.15, -0.1) is 0 Å². The molecule has 0 aliphatic rings. The minimum Gasteiger partial charge on any atom is -0.480 e. The van der Waals surface area contributed by atoms with Crippen LogP contribution in [0.5, 0.6) is 0 Å². The lowest BCUT2D eigenvalue weighted by Crippen LogP contribution is -2.53. The molecule has 25 heavy (non-hydrogen) atoms. The topological polar surface area (TPSA) is 94.9 Å². The van der Waals surface area contributed by atoms with Gasteiger partial charge >= 0.3 is 5.97 Å². The second kappa shape index (κ2) is 8.39. The average molecular weight is 454 g/mol. The van der Waals surface area contributed by atoms with E-state index in [2.05, 4.69) is 15.9 Å². The van der Waals surface area contributed by atoms with Crippen LogP contribution in [0.4, 0.5) is 0 Å².